The molecule has 1 rings (SSSR count). The van der Waals surface area contributed by atoms with E-state index in [1.54, 1.807) is 0 Å². The second kappa shape index (κ2) is 6.44. The van der Waals surface area contributed by atoms with Crippen molar-refractivity contribution in [3.63, 3.8) is 0 Å². The molecule has 0 saturated heterocycles. The van der Waals surface area contributed by atoms with Crippen LogP contribution in [0.3, 0.4) is 0 Å². The summed E-state index contributed by atoms with van der Waals surface area (Å²) in [5.74, 6) is 1.13. The van der Waals surface area contributed by atoms with Gasteiger partial charge in [-0.15, -0.1) is 11.6 Å². The third-order valence-corrected chi connectivity index (χ3v) is 3.73. The number of alkyl halides is 1. The zero-order valence-corrected chi connectivity index (χ0v) is 12.5. The summed E-state index contributed by atoms with van der Waals surface area (Å²) in [6, 6.07) is 6.81. The molecule has 0 aliphatic rings. The molecule has 0 saturated carbocycles. The number of rotatable bonds is 5. The zero-order valence-electron chi connectivity index (χ0n) is 11.8. The van der Waals surface area contributed by atoms with E-state index in [0.29, 0.717) is 11.8 Å². The van der Waals surface area contributed by atoms with Gasteiger partial charge in [-0.1, -0.05) is 59.2 Å². The molecule has 0 heterocycles. The van der Waals surface area contributed by atoms with Crippen molar-refractivity contribution in [2.24, 2.45) is 0 Å². The fourth-order valence-electron chi connectivity index (χ4n) is 2.15. The zero-order chi connectivity index (χ0) is 13.0. The first-order chi connectivity index (χ1) is 7.97. The van der Waals surface area contributed by atoms with Crippen molar-refractivity contribution in [2.75, 3.05) is 0 Å². The van der Waals surface area contributed by atoms with Crippen LogP contribution in [0.1, 0.15) is 81.4 Å². The second-order valence-corrected chi connectivity index (χ2v) is 5.98. The molecule has 96 valence electrons. The highest BCUT2D eigenvalue weighted by atomic mass is 35.5. The second-order valence-electron chi connectivity index (χ2n) is 5.45. The van der Waals surface area contributed by atoms with Gasteiger partial charge in [-0.25, -0.2) is 0 Å². The van der Waals surface area contributed by atoms with Crippen LogP contribution in [0.4, 0.5) is 0 Å². The average Bonchev–Trinajstić information content (AvgIpc) is 2.28. The Bertz CT molecular complexity index is 353. The standard InChI is InChI=1S/C16H25Cl/c1-6-7-16(17)14-9-8-13(11(2)3)10-15(14)12(4)5/h8-12,16H,6-7H2,1-5H3. The Morgan fingerprint density at radius 2 is 1.65 bits per heavy atom. The van der Waals surface area contributed by atoms with Crippen molar-refractivity contribution in [3.05, 3.63) is 34.9 Å². The maximum Gasteiger partial charge on any atom is 0.0587 e. The molecule has 0 aliphatic heterocycles. The molecule has 1 unspecified atom stereocenters. The van der Waals surface area contributed by atoms with Crippen LogP contribution < -0.4 is 0 Å². The summed E-state index contributed by atoms with van der Waals surface area (Å²) < 4.78 is 0. The molecule has 0 bridgehead atoms. The van der Waals surface area contributed by atoms with E-state index in [9.17, 15) is 0 Å². The quantitative estimate of drug-likeness (QED) is 0.563. The van der Waals surface area contributed by atoms with Crippen LogP contribution in [0, 0.1) is 0 Å². The van der Waals surface area contributed by atoms with Crippen molar-refractivity contribution in [2.45, 2.75) is 64.7 Å². The minimum atomic E-state index is 0.165. The molecular weight excluding hydrogens is 228 g/mol. The Morgan fingerprint density at radius 1 is 1.00 bits per heavy atom. The van der Waals surface area contributed by atoms with E-state index < -0.39 is 0 Å². The van der Waals surface area contributed by atoms with Crippen LogP contribution in [0.2, 0.25) is 0 Å². The van der Waals surface area contributed by atoms with E-state index in [-0.39, 0.29) is 5.38 Å². The highest BCUT2D eigenvalue weighted by Crippen LogP contribution is 2.34. The van der Waals surface area contributed by atoms with E-state index in [4.69, 9.17) is 11.6 Å². The molecule has 0 radical (unpaired) electrons. The lowest BCUT2D eigenvalue weighted by Crippen LogP contribution is -2.01. The molecule has 17 heavy (non-hydrogen) atoms. The van der Waals surface area contributed by atoms with E-state index in [1.807, 2.05) is 0 Å². The topological polar surface area (TPSA) is 0 Å². The van der Waals surface area contributed by atoms with Gasteiger partial charge in [-0.3, -0.25) is 0 Å². The molecule has 0 N–H and O–H groups in total. The van der Waals surface area contributed by atoms with E-state index in [2.05, 4.69) is 52.8 Å². The first-order valence-corrected chi connectivity index (χ1v) is 7.18. The van der Waals surface area contributed by atoms with Crippen LogP contribution >= 0.6 is 11.6 Å². The summed E-state index contributed by atoms with van der Waals surface area (Å²) in [4.78, 5) is 0. The Balaban J connectivity index is 3.12. The maximum absolute atomic E-state index is 6.49. The molecule has 0 aromatic heterocycles. The van der Waals surface area contributed by atoms with Crippen molar-refractivity contribution < 1.29 is 0 Å². The minimum Gasteiger partial charge on any atom is -0.118 e. The molecule has 0 fully saturated rings. The van der Waals surface area contributed by atoms with Crippen molar-refractivity contribution in [1.82, 2.24) is 0 Å². The molecule has 1 heteroatoms. The van der Waals surface area contributed by atoms with Crippen LogP contribution in [-0.4, -0.2) is 0 Å². The summed E-state index contributed by atoms with van der Waals surface area (Å²) in [7, 11) is 0. The van der Waals surface area contributed by atoms with Gasteiger partial charge in [0.2, 0.25) is 0 Å². The third-order valence-electron chi connectivity index (χ3n) is 3.28. The van der Waals surface area contributed by atoms with Crippen molar-refractivity contribution >= 4 is 11.6 Å². The van der Waals surface area contributed by atoms with Gasteiger partial charge in [-0.2, -0.15) is 0 Å². The smallest absolute Gasteiger partial charge is 0.0587 e. The highest BCUT2D eigenvalue weighted by Gasteiger charge is 2.15. The van der Waals surface area contributed by atoms with Gasteiger partial charge < -0.3 is 0 Å². The number of benzene rings is 1. The number of halogens is 1. The average molecular weight is 253 g/mol. The summed E-state index contributed by atoms with van der Waals surface area (Å²) in [5, 5.41) is 0.165. The first kappa shape index (κ1) is 14.6. The highest BCUT2D eigenvalue weighted by molar-refractivity contribution is 6.20. The van der Waals surface area contributed by atoms with E-state index >= 15 is 0 Å². The van der Waals surface area contributed by atoms with Crippen LogP contribution in [0.5, 0.6) is 0 Å². The van der Waals surface area contributed by atoms with Gasteiger partial charge >= 0.3 is 0 Å². The summed E-state index contributed by atoms with van der Waals surface area (Å²) in [6.45, 7) is 11.2. The summed E-state index contributed by atoms with van der Waals surface area (Å²) in [5.41, 5.74) is 4.16. The van der Waals surface area contributed by atoms with Crippen LogP contribution in [-0.2, 0) is 0 Å². The fraction of sp³-hybridized carbons (Fsp3) is 0.625. The Hall–Kier alpha value is -0.490. The maximum atomic E-state index is 6.49. The van der Waals surface area contributed by atoms with Crippen molar-refractivity contribution in [3.8, 4) is 0 Å². The van der Waals surface area contributed by atoms with Crippen LogP contribution in [0.15, 0.2) is 18.2 Å². The van der Waals surface area contributed by atoms with Gasteiger partial charge in [0, 0.05) is 0 Å². The van der Waals surface area contributed by atoms with Gasteiger partial charge in [0.15, 0.2) is 0 Å². The summed E-state index contributed by atoms with van der Waals surface area (Å²) >= 11 is 6.49. The predicted molar refractivity (Wildman–Crippen MR) is 78.1 cm³/mol. The summed E-state index contributed by atoms with van der Waals surface area (Å²) in [6.07, 6.45) is 2.19. The normalized spacial score (nSPS) is 13.4. The molecule has 1 aromatic rings. The molecule has 0 nitrogen and oxygen atoms in total. The SMILES string of the molecule is CCCC(Cl)c1ccc(C(C)C)cc1C(C)C. The van der Waals surface area contributed by atoms with Gasteiger partial charge in [0.05, 0.1) is 5.38 Å². The van der Waals surface area contributed by atoms with Crippen molar-refractivity contribution in [1.29, 1.82) is 0 Å². The Kier molecular flexibility index (Phi) is 5.52. The van der Waals surface area contributed by atoms with E-state index in [1.165, 1.54) is 16.7 Å². The number of hydrogen-bond acceptors (Lipinski definition) is 0. The van der Waals surface area contributed by atoms with Gasteiger partial charge in [0.1, 0.15) is 0 Å². The lowest BCUT2D eigenvalue weighted by Gasteiger charge is -2.19. The fourth-order valence-corrected chi connectivity index (χ4v) is 2.56. The number of hydrogen-bond donors (Lipinski definition) is 0. The molecular formula is C16H25Cl. The molecule has 1 atom stereocenters. The largest absolute Gasteiger partial charge is 0.118 e. The monoisotopic (exact) mass is 252 g/mol. The van der Waals surface area contributed by atoms with E-state index in [0.717, 1.165) is 12.8 Å². The minimum absolute atomic E-state index is 0.165. The lowest BCUT2D eigenvalue weighted by molar-refractivity contribution is 0.742. The first-order valence-electron chi connectivity index (χ1n) is 6.75. The Morgan fingerprint density at radius 3 is 2.12 bits per heavy atom. The molecule has 1 aromatic carbocycles. The molecule has 0 amide bonds. The van der Waals surface area contributed by atoms with Gasteiger partial charge in [0.25, 0.3) is 0 Å². The van der Waals surface area contributed by atoms with Gasteiger partial charge in [-0.05, 0) is 34.9 Å². The predicted octanol–water partition coefficient (Wildman–Crippen LogP) is 6.01. The molecule has 0 aliphatic carbocycles. The third kappa shape index (κ3) is 3.74. The lowest BCUT2D eigenvalue weighted by atomic mass is 9.89. The molecule has 0 spiro atoms. The Labute approximate surface area is 111 Å². The van der Waals surface area contributed by atoms with Crippen LogP contribution in [0.25, 0.3) is 0 Å².